The molecule has 0 saturated heterocycles. The fourth-order valence-electron chi connectivity index (χ4n) is 0.951. The highest BCUT2D eigenvalue weighted by atomic mass is 16.5. The van der Waals surface area contributed by atoms with E-state index in [1.807, 2.05) is 24.3 Å². The Balaban J connectivity index is 2.64. The molecular weight excluding hydrogens is 176 g/mol. The zero-order valence-corrected chi connectivity index (χ0v) is 7.64. The minimum absolute atomic E-state index is 0.267. The molecule has 14 heavy (non-hydrogen) atoms. The summed E-state index contributed by atoms with van der Waals surface area (Å²) in [6.45, 7) is 0.267. The first kappa shape index (κ1) is 10.1. The Morgan fingerprint density at radius 1 is 1.36 bits per heavy atom. The van der Waals surface area contributed by atoms with E-state index in [4.69, 9.17) is 11.2 Å². The van der Waals surface area contributed by atoms with Crippen molar-refractivity contribution in [3.63, 3.8) is 0 Å². The Morgan fingerprint density at radius 2 is 2.07 bits per heavy atom. The van der Waals surface area contributed by atoms with Gasteiger partial charge in [0.1, 0.15) is 18.6 Å². The molecule has 0 aromatic heterocycles. The van der Waals surface area contributed by atoms with Crippen molar-refractivity contribution in [1.82, 2.24) is 0 Å². The van der Waals surface area contributed by atoms with E-state index in [2.05, 4.69) is 5.92 Å². The second-order valence-corrected chi connectivity index (χ2v) is 2.56. The molecule has 0 aliphatic rings. The Morgan fingerprint density at radius 3 is 2.64 bits per heavy atom. The van der Waals surface area contributed by atoms with Crippen molar-refractivity contribution in [3.8, 4) is 18.1 Å². The Hall–Kier alpha value is -2.01. The number of aldehydes is 1. The predicted molar refractivity (Wildman–Crippen MR) is 55.9 cm³/mol. The summed E-state index contributed by atoms with van der Waals surface area (Å²) < 4.78 is 5.18. The number of ether oxygens (including phenoxy) is 1. The average Bonchev–Trinajstić information content (AvgIpc) is 2.25. The van der Waals surface area contributed by atoms with E-state index >= 15 is 0 Å². The number of allylic oxidation sites excluding steroid dienone is 1. The van der Waals surface area contributed by atoms with Crippen LogP contribution in [0.4, 0.5) is 0 Å². The van der Waals surface area contributed by atoms with Crippen molar-refractivity contribution in [3.05, 3.63) is 35.9 Å². The van der Waals surface area contributed by atoms with E-state index in [1.165, 1.54) is 6.08 Å². The van der Waals surface area contributed by atoms with E-state index < -0.39 is 0 Å². The van der Waals surface area contributed by atoms with Crippen molar-refractivity contribution < 1.29 is 9.53 Å². The molecule has 0 atom stereocenters. The highest BCUT2D eigenvalue weighted by Gasteiger charge is 1.91. The van der Waals surface area contributed by atoms with Gasteiger partial charge in [0.2, 0.25) is 0 Å². The molecule has 0 aliphatic heterocycles. The molecule has 0 aliphatic carbocycles. The van der Waals surface area contributed by atoms with E-state index in [0.717, 1.165) is 17.6 Å². The summed E-state index contributed by atoms with van der Waals surface area (Å²) in [4.78, 5) is 10.1. The highest BCUT2D eigenvalue weighted by Crippen LogP contribution is 2.12. The Kier molecular flexibility index (Phi) is 4.03. The molecule has 2 nitrogen and oxygen atoms in total. The van der Waals surface area contributed by atoms with Crippen LogP contribution in [0.1, 0.15) is 5.56 Å². The predicted octanol–water partition coefficient (Wildman–Crippen LogP) is 1.91. The number of terminal acetylenes is 1. The molecule has 1 rings (SSSR count). The van der Waals surface area contributed by atoms with E-state index in [1.54, 1.807) is 6.08 Å². The summed E-state index contributed by atoms with van der Waals surface area (Å²) in [5.41, 5.74) is 0.949. The molecule has 0 fully saturated rings. The lowest BCUT2D eigenvalue weighted by atomic mass is 10.2. The van der Waals surface area contributed by atoms with Gasteiger partial charge in [0.05, 0.1) is 0 Å². The first-order valence-electron chi connectivity index (χ1n) is 4.15. The van der Waals surface area contributed by atoms with Crippen LogP contribution in [0.3, 0.4) is 0 Å². The van der Waals surface area contributed by atoms with Gasteiger partial charge in [-0.1, -0.05) is 24.1 Å². The number of rotatable bonds is 4. The SMILES string of the molecule is C#CCOc1ccc(C=CC=O)cc1. The molecule has 1 aromatic carbocycles. The van der Waals surface area contributed by atoms with E-state index in [0.29, 0.717) is 0 Å². The molecule has 0 bridgehead atoms. The maximum absolute atomic E-state index is 10.1. The Labute approximate surface area is 83.2 Å². The van der Waals surface area contributed by atoms with Crippen LogP contribution in [0.15, 0.2) is 30.3 Å². The minimum Gasteiger partial charge on any atom is -0.481 e. The van der Waals surface area contributed by atoms with Gasteiger partial charge in [-0.05, 0) is 23.8 Å². The second-order valence-electron chi connectivity index (χ2n) is 2.56. The third-order valence-corrected chi connectivity index (χ3v) is 1.57. The number of carbonyl (C=O) groups excluding carboxylic acids is 1. The smallest absolute Gasteiger partial charge is 0.148 e. The third-order valence-electron chi connectivity index (χ3n) is 1.57. The lowest BCUT2D eigenvalue weighted by molar-refractivity contribution is -0.104. The lowest BCUT2D eigenvalue weighted by Gasteiger charge is -2.01. The van der Waals surface area contributed by atoms with Crippen molar-refractivity contribution in [2.75, 3.05) is 6.61 Å². The first-order valence-corrected chi connectivity index (χ1v) is 4.15. The van der Waals surface area contributed by atoms with Crippen LogP contribution < -0.4 is 4.74 Å². The highest BCUT2D eigenvalue weighted by molar-refractivity contribution is 5.73. The van der Waals surface area contributed by atoms with Gasteiger partial charge in [0.15, 0.2) is 0 Å². The van der Waals surface area contributed by atoms with Gasteiger partial charge in [-0.15, -0.1) is 6.42 Å². The first-order chi connectivity index (χ1) is 6.86. The molecule has 0 spiro atoms. The molecule has 0 heterocycles. The standard InChI is InChI=1S/C12H10O2/c1-2-10-14-12-7-5-11(6-8-12)4-3-9-13/h1,3-9H,10H2. The zero-order chi connectivity index (χ0) is 10.2. The summed E-state index contributed by atoms with van der Waals surface area (Å²) in [7, 11) is 0. The summed E-state index contributed by atoms with van der Waals surface area (Å²) in [6, 6.07) is 7.32. The fourth-order valence-corrected chi connectivity index (χ4v) is 0.951. The summed E-state index contributed by atoms with van der Waals surface area (Å²) in [5.74, 6) is 3.11. The number of carbonyl (C=O) groups is 1. The molecule has 0 N–H and O–H groups in total. The van der Waals surface area contributed by atoms with Crippen LogP contribution in [-0.4, -0.2) is 12.9 Å². The van der Waals surface area contributed by atoms with E-state index in [9.17, 15) is 4.79 Å². The summed E-state index contributed by atoms with van der Waals surface area (Å²) in [6.07, 6.45) is 8.95. The molecule has 0 unspecified atom stereocenters. The average molecular weight is 186 g/mol. The van der Waals surface area contributed by atoms with Crippen LogP contribution >= 0.6 is 0 Å². The monoisotopic (exact) mass is 186 g/mol. The van der Waals surface area contributed by atoms with Gasteiger partial charge in [-0.25, -0.2) is 0 Å². The topological polar surface area (TPSA) is 26.3 Å². The summed E-state index contributed by atoms with van der Waals surface area (Å²) in [5, 5.41) is 0. The van der Waals surface area contributed by atoms with Crippen LogP contribution in [0.5, 0.6) is 5.75 Å². The van der Waals surface area contributed by atoms with Crippen molar-refractivity contribution in [2.24, 2.45) is 0 Å². The number of hydrogen-bond acceptors (Lipinski definition) is 2. The second kappa shape index (κ2) is 5.60. The van der Waals surface area contributed by atoms with Crippen molar-refractivity contribution >= 4 is 12.4 Å². The molecule has 1 aromatic rings. The fraction of sp³-hybridized carbons (Fsp3) is 0.0833. The number of benzene rings is 1. The molecule has 70 valence electrons. The molecule has 0 saturated carbocycles. The van der Waals surface area contributed by atoms with Gasteiger partial charge in [0, 0.05) is 0 Å². The van der Waals surface area contributed by atoms with Crippen LogP contribution in [0.2, 0.25) is 0 Å². The quantitative estimate of drug-likeness (QED) is 0.408. The van der Waals surface area contributed by atoms with Crippen LogP contribution in [-0.2, 0) is 4.79 Å². The Bertz CT molecular complexity index is 355. The third kappa shape index (κ3) is 3.16. The van der Waals surface area contributed by atoms with Gasteiger partial charge >= 0.3 is 0 Å². The normalized spacial score (nSPS) is 9.64. The maximum atomic E-state index is 10.1. The summed E-state index contributed by atoms with van der Waals surface area (Å²) >= 11 is 0. The maximum Gasteiger partial charge on any atom is 0.148 e. The molecule has 2 heteroatoms. The van der Waals surface area contributed by atoms with Crippen LogP contribution in [0.25, 0.3) is 6.08 Å². The largest absolute Gasteiger partial charge is 0.481 e. The molecule has 0 radical (unpaired) electrons. The van der Waals surface area contributed by atoms with Gasteiger partial charge in [0.25, 0.3) is 0 Å². The van der Waals surface area contributed by atoms with Crippen molar-refractivity contribution in [2.45, 2.75) is 0 Å². The molecule has 0 amide bonds. The molecular formula is C12H10O2. The van der Waals surface area contributed by atoms with Crippen LogP contribution in [0, 0.1) is 12.3 Å². The van der Waals surface area contributed by atoms with Gasteiger partial charge in [-0.3, -0.25) is 4.79 Å². The minimum atomic E-state index is 0.267. The number of hydrogen-bond donors (Lipinski definition) is 0. The van der Waals surface area contributed by atoms with Gasteiger partial charge in [-0.2, -0.15) is 0 Å². The zero-order valence-electron chi connectivity index (χ0n) is 7.64. The lowest BCUT2D eigenvalue weighted by Crippen LogP contribution is -1.92. The van der Waals surface area contributed by atoms with E-state index in [-0.39, 0.29) is 6.61 Å². The van der Waals surface area contributed by atoms with Crippen molar-refractivity contribution in [1.29, 1.82) is 0 Å². The van der Waals surface area contributed by atoms with Gasteiger partial charge < -0.3 is 4.74 Å².